The van der Waals surface area contributed by atoms with Gasteiger partial charge in [-0.25, -0.2) is 4.98 Å². The van der Waals surface area contributed by atoms with Gasteiger partial charge in [0.2, 0.25) is 0 Å². The van der Waals surface area contributed by atoms with Crippen molar-refractivity contribution < 1.29 is 50.4 Å². The summed E-state index contributed by atoms with van der Waals surface area (Å²) < 4.78 is 65.5. The largest absolute Gasteiger partial charge is 0.494 e. The number of para-hydroxylation sites is 1. The van der Waals surface area contributed by atoms with Gasteiger partial charge in [0.05, 0.1) is 54.6 Å². The molecule has 21 heteroatoms. The number of rotatable bonds is 16. The van der Waals surface area contributed by atoms with Crippen molar-refractivity contribution in [2.75, 3.05) is 44.5 Å². The van der Waals surface area contributed by atoms with E-state index < -0.39 is 50.9 Å². The Morgan fingerprint density at radius 1 is 0.789 bits per heavy atom. The summed E-state index contributed by atoms with van der Waals surface area (Å²) in [5.41, 5.74) is 19.4. The fraction of sp³-hybridized carbons (Fsp3) is 0.389. The molecule has 4 aromatic rings. The molecule has 0 saturated carbocycles. The third-order valence-corrected chi connectivity index (χ3v) is 9.42. The highest BCUT2D eigenvalue weighted by Gasteiger charge is 2.33. The van der Waals surface area contributed by atoms with Crippen molar-refractivity contribution in [1.29, 1.82) is 10.8 Å². The lowest BCUT2D eigenvalue weighted by molar-refractivity contribution is 0.100. The van der Waals surface area contributed by atoms with Crippen molar-refractivity contribution in [1.82, 2.24) is 15.3 Å². The maximum atomic E-state index is 11.4. The Morgan fingerprint density at radius 3 is 1.61 bits per heavy atom. The van der Waals surface area contributed by atoms with Crippen LogP contribution in [-0.2, 0) is 25.8 Å². The highest BCUT2D eigenvalue weighted by atomic mass is 32.2. The molecule has 57 heavy (non-hydrogen) atoms. The van der Waals surface area contributed by atoms with E-state index in [-0.39, 0.29) is 17.2 Å². The number of hydrogen-bond donors (Lipinski definition) is 11. The first-order valence-corrected chi connectivity index (χ1v) is 20.8. The minimum atomic E-state index is -3.92. The predicted molar refractivity (Wildman–Crippen MR) is 216 cm³/mol. The number of nitrogen functional groups attached to an aromatic ring is 2. The number of nitrogens with one attached hydrogen (secondary N) is 4. The van der Waals surface area contributed by atoms with E-state index in [4.69, 9.17) is 56.8 Å². The number of nitrogens with two attached hydrogens (primary N) is 3. The van der Waals surface area contributed by atoms with Crippen molar-refractivity contribution in [3.8, 4) is 11.5 Å². The number of amidine groups is 2. The second-order valence-electron chi connectivity index (χ2n) is 12.7. The first kappa shape index (κ1) is 48.0. The molecule has 1 amide bonds. The van der Waals surface area contributed by atoms with E-state index in [0.717, 1.165) is 61.5 Å². The maximum absolute atomic E-state index is 11.4. The molecular formula is C36H52N8O11S2. The van der Waals surface area contributed by atoms with Crippen LogP contribution in [0.4, 0.5) is 0 Å². The van der Waals surface area contributed by atoms with E-state index in [1.165, 1.54) is 0 Å². The lowest BCUT2D eigenvalue weighted by Gasteiger charge is -2.21. The van der Waals surface area contributed by atoms with E-state index in [2.05, 4.69) is 22.2 Å². The van der Waals surface area contributed by atoms with Gasteiger partial charge in [-0.1, -0.05) is 6.07 Å². The molecule has 0 aliphatic carbocycles. The summed E-state index contributed by atoms with van der Waals surface area (Å²) in [7, 11) is -7.85. The van der Waals surface area contributed by atoms with Gasteiger partial charge in [0, 0.05) is 11.1 Å². The van der Waals surface area contributed by atoms with E-state index in [9.17, 15) is 21.6 Å². The Morgan fingerprint density at radius 2 is 1.26 bits per heavy atom. The number of H-pyrrole nitrogens is 1. The van der Waals surface area contributed by atoms with Crippen LogP contribution < -0.4 is 32.0 Å². The standard InChI is InChI=1S/C19H24N4O2.C13H16N4O.2C2H6O4S/c20-18(21)14-4-8-16(9-5-14)24-12-2-1-3-13-25-17-10-6-15(7-11-17)19(22)23;1-13(6-3-7-15-13)12-16-9-5-2-4-8(11(14)18)10(9)17-12;2*3-1-2-7(4,5)6/h4-11H,1-3,12-13H2,(H3,20,21)(H3,22,23);2,4-5,15H,3,6-7H2,1H3,(H2,14,18)(H,16,17);2*3H,1-2H2,(H,4,5,6)/t;13-;;/m.1../s1. The molecule has 314 valence electrons. The molecule has 2 heterocycles. The van der Waals surface area contributed by atoms with E-state index in [1.807, 2.05) is 36.4 Å². The van der Waals surface area contributed by atoms with Gasteiger partial charge in [0.15, 0.2) is 0 Å². The number of carbonyl (C=O) groups is 1. The van der Waals surface area contributed by atoms with Crippen molar-refractivity contribution in [3.05, 3.63) is 89.2 Å². The van der Waals surface area contributed by atoms with Gasteiger partial charge in [-0.05, 0) is 106 Å². The first-order valence-electron chi connectivity index (χ1n) is 17.6. The highest BCUT2D eigenvalue weighted by molar-refractivity contribution is 7.86. The van der Waals surface area contributed by atoms with Gasteiger partial charge in [0.1, 0.15) is 34.5 Å². The molecule has 5 rings (SSSR count). The van der Waals surface area contributed by atoms with E-state index >= 15 is 0 Å². The fourth-order valence-electron chi connectivity index (χ4n) is 5.04. The highest BCUT2D eigenvalue weighted by Crippen LogP contribution is 2.30. The van der Waals surface area contributed by atoms with Crippen LogP contribution in [-0.4, -0.2) is 108 Å². The number of ether oxygens (including phenoxy) is 2. The molecule has 0 spiro atoms. The summed E-state index contributed by atoms with van der Waals surface area (Å²) in [6.45, 7) is 3.36. The Kier molecular flexibility index (Phi) is 19.5. The SMILES string of the molecule is C[C@]1(c2nc3c(C(N)=O)cccc3[nH]2)CCCN1.N=C(N)c1ccc(OCCCCCOc2ccc(C(=N)N)cc2)cc1.O=S(=O)(O)CCO.O=S(=O)(O)CCO. The molecular weight excluding hydrogens is 785 g/mol. The summed E-state index contributed by atoms with van der Waals surface area (Å²) >= 11 is 0. The lowest BCUT2D eigenvalue weighted by atomic mass is 10.00. The van der Waals surface area contributed by atoms with Crippen LogP contribution in [0.2, 0.25) is 0 Å². The normalized spacial score (nSPS) is 14.8. The van der Waals surface area contributed by atoms with Gasteiger partial charge >= 0.3 is 0 Å². The summed E-state index contributed by atoms with van der Waals surface area (Å²) in [6, 6.07) is 19.9. The average Bonchev–Trinajstić information content (AvgIpc) is 3.79. The van der Waals surface area contributed by atoms with Crippen molar-refractivity contribution in [2.45, 2.75) is 44.6 Å². The Hall–Kier alpha value is -5.16. The monoisotopic (exact) mass is 836 g/mol. The zero-order valence-corrected chi connectivity index (χ0v) is 33.1. The second kappa shape index (κ2) is 23.2. The summed E-state index contributed by atoms with van der Waals surface area (Å²) in [6.07, 6.45) is 5.08. The number of primary amides is 1. The first-order chi connectivity index (χ1) is 26.8. The minimum absolute atomic E-state index is 0.0579. The number of benzene rings is 3. The molecule has 1 aliphatic heterocycles. The quantitative estimate of drug-likeness (QED) is 0.0332. The molecule has 0 bridgehead atoms. The minimum Gasteiger partial charge on any atom is -0.494 e. The molecule has 3 aromatic carbocycles. The molecule has 0 radical (unpaired) electrons. The number of imidazole rings is 1. The van der Waals surface area contributed by atoms with Crippen molar-refractivity contribution in [3.63, 3.8) is 0 Å². The summed E-state index contributed by atoms with van der Waals surface area (Å²) in [4.78, 5) is 19.2. The molecule has 14 N–H and O–H groups in total. The maximum Gasteiger partial charge on any atom is 0.267 e. The van der Waals surface area contributed by atoms with Crippen LogP contribution in [0.15, 0.2) is 66.7 Å². The molecule has 1 saturated heterocycles. The van der Waals surface area contributed by atoms with E-state index in [1.54, 1.807) is 30.3 Å². The van der Waals surface area contributed by atoms with Crippen LogP contribution in [0, 0.1) is 10.8 Å². The van der Waals surface area contributed by atoms with Crippen molar-refractivity contribution >= 4 is 48.8 Å². The zero-order valence-electron chi connectivity index (χ0n) is 31.5. The molecule has 19 nitrogen and oxygen atoms in total. The number of unbranched alkanes of at least 4 members (excludes halogenated alkanes) is 2. The van der Waals surface area contributed by atoms with Crippen LogP contribution in [0.25, 0.3) is 11.0 Å². The third-order valence-electron chi connectivity index (χ3n) is 8.02. The van der Waals surface area contributed by atoms with Crippen LogP contribution in [0.1, 0.15) is 66.3 Å². The number of aliphatic hydroxyl groups is 2. The summed E-state index contributed by atoms with van der Waals surface area (Å²) in [5.74, 6) is 0.968. The Labute approximate surface area is 331 Å². The fourth-order valence-corrected chi connectivity index (χ4v) is 5.50. The number of aromatic nitrogens is 2. The van der Waals surface area contributed by atoms with Gasteiger partial charge in [0.25, 0.3) is 26.1 Å². The van der Waals surface area contributed by atoms with Crippen LogP contribution in [0.5, 0.6) is 11.5 Å². The topological polar surface area (TPSA) is 351 Å². The molecule has 1 fully saturated rings. The van der Waals surface area contributed by atoms with Gasteiger partial charge < -0.3 is 47.2 Å². The molecule has 1 atom stereocenters. The number of aliphatic hydroxyl groups excluding tert-OH is 2. The Balaban J connectivity index is 0.000000303. The number of aromatic amines is 1. The third kappa shape index (κ3) is 18.1. The van der Waals surface area contributed by atoms with Crippen LogP contribution in [0.3, 0.4) is 0 Å². The van der Waals surface area contributed by atoms with Gasteiger partial charge in [-0.15, -0.1) is 0 Å². The number of hydrogen-bond acceptors (Lipinski definition) is 13. The average molecular weight is 837 g/mol. The number of nitrogens with zero attached hydrogens (tertiary/aromatic N) is 1. The molecule has 1 aromatic heterocycles. The molecule has 0 unspecified atom stereocenters. The summed E-state index contributed by atoms with van der Waals surface area (Å²) in [5, 5.41) is 33.9. The van der Waals surface area contributed by atoms with Crippen molar-refractivity contribution in [2.24, 2.45) is 17.2 Å². The smallest absolute Gasteiger partial charge is 0.267 e. The Bertz CT molecular complexity index is 2010. The zero-order chi connectivity index (χ0) is 42.6. The van der Waals surface area contributed by atoms with Crippen LogP contribution >= 0.6 is 0 Å². The molecule has 1 aliphatic rings. The number of fused-ring (bicyclic) bond motifs is 1. The predicted octanol–water partition coefficient (Wildman–Crippen LogP) is 1.88. The number of amides is 1. The van der Waals surface area contributed by atoms with Gasteiger partial charge in [-0.2, -0.15) is 16.8 Å². The second-order valence-corrected chi connectivity index (χ2v) is 15.8. The van der Waals surface area contributed by atoms with E-state index in [0.29, 0.717) is 35.4 Å². The van der Waals surface area contributed by atoms with Gasteiger partial charge in [-0.3, -0.25) is 24.7 Å². The number of carbonyl (C=O) groups excluding carboxylic acids is 1. The lowest BCUT2D eigenvalue weighted by Crippen LogP contribution is -2.34.